The van der Waals surface area contributed by atoms with Crippen LogP contribution < -0.4 is 5.32 Å². The molecule has 0 bridgehead atoms. The van der Waals surface area contributed by atoms with E-state index in [9.17, 15) is 10.1 Å². The minimum atomic E-state index is -0.404. The summed E-state index contributed by atoms with van der Waals surface area (Å²) in [5, 5.41) is 15.0. The number of nitrogens with one attached hydrogen (secondary N) is 1. The zero-order chi connectivity index (χ0) is 14.6. The number of hydrogen-bond donors (Lipinski definition) is 1. The molecule has 0 aliphatic rings. The minimum absolute atomic E-state index is 0.0233. The first-order chi connectivity index (χ1) is 8.92. The maximum absolute atomic E-state index is 11.2. The summed E-state index contributed by atoms with van der Waals surface area (Å²) in [6.45, 7) is 6.84. The predicted molar refractivity (Wildman–Crippen MR) is 79.3 cm³/mol. The summed E-state index contributed by atoms with van der Waals surface area (Å²) in [5.41, 5.74) is 0.668. The SMILES string of the molecule is CCNC(C)C(CC)c1cc(Cl)c(Cl)cc1[N+](=O)[O-]. The quantitative estimate of drug-likeness (QED) is 0.626. The lowest BCUT2D eigenvalue weighted by Gasteiger charge is -2.24. The zero-order valence-corrected chi connectivity index (χ0v) is 12.8. The van der Waals surface area contributed by atoms with Crippen molar-refractivity contribution in [3.63, 3.8) is 0 Å². The van der Waals surface area contributed by atoms with Crippen LogP contribution in [-0.4, -0.2) is 17.5 Å². The van der Waals surface area contributed by atoms with E-state index in [0.717, 1.165) is 13.0 Å². The molecule has 0 aliphatic heterocycles. The van der Waals surface area contributed by atoms with E-state index >= 15 is 0 Å². The van der Waals surface area contributed by atoms with Gasteiger partial charge in [0.1, 0.15) is 0 Å². The van der Waals surface area contributed by atoms with Crippen LogP contribution in [0.3, 0.4) is 0 Å². The van der Waals surface area contributed by atoms with Crippen LogP contribution in [0.2, 0.25) is 10.0 Å². The summed E-state index contributed by atoms with van der Waals surface area (Å²) in [5.74, 6) is 0.0233. The Hall–Kier alpha value is -0.840. The summed E-state index contributed by atoms with van der Waals surface area (Å²) >= 11 is 11.9. The normalized spacial score (nSPS) is 14.2. The molecule has 2 unspecified atom stereocenters. The van der Waals surface area contributed by atoms with E-state index in [1.165, 1.54) is 6.07 Å². The number of nitro benzene ring substituents is 1. The Morgan fingerprint density at radius 1 is 1.32 bits per heavy atom. The van der Waals surface area contributed by atoms with E-state index in [4.69, 9.17) is 23.2 Å². The van der Waals surface area contributed by atoms with Crippen LogP contribution in [-0.2, 0) is 0 Å². The fourth-order valence-electron chi connectivity index (χ4n) is 2.31. The van der Waals surface area contributed by atoms with Crippen LogP contribution in [0.5, 0.6) is 0 Å². The first-order valence-electron chi connectivity index (χ1n) is 6.29. The molecular weight excluding hydrogens is 287 g/mol. The third-order valence-electron chi connectivity index (χ3n) is 3.24. The Morgan fingerprint density at radius 2 is 1.89 bits per heavy atom. The van der Waals surface area contributed by atoms with Gasteiger partial charge in [0.25, 0.3) is 5.69 Å². The molecule has 0 radical (unpaired) electrons. The highest BCUT2D eigenvalue weighted by atomic mass is 35.5. The number of hydrogen-bond acceptors (Lipinski definition) is 3. The average molecular weight is 305 g/mol. The highest BCUT2D eigenvalue weighted by Gasteiger charge is 2.26. The molecule has 0 aromatic heterocycles. The smallest absolute Gasteiger partial charge is 0.274 e. The predicted octanol–water partition coefficient (Wildman–Crippen LogP) is 4.39. The molecule has 0 fully saturated rings. The van der Waals surface area contributed by atoms with Crippen LogP contribution in [0.25, 0.3) is 0 Å². The second-order valence-electron chi connectivity index (χ2n) is 4.44. The van der Waals surface area contributed by atoms with Gasteiger partial charge in [-0.25, -0.2) is 0 Å². The first-order valence-corrected chi connectivity index (χ1v) is 7.04. The van der Waals surface area contributed by atoms with Crippen molar-refractivity contribution in [2.75, 3.05) is 6.54 Å². The van der Waals surface area contributed by atoms with Crippen molar-refractivity contribution in [1.29, 1.82) is 0 Å². The first kappa shape index (κ1) is 16.2. The fourth-order valence-corrected chi connectivity index (χ4v) is 2.64. The van der Waals surface area contributed by atoms with Crippen molar-refractivity contribution in [2.45, 2.75) is 39.2 Å². The van der Waals surface area contributed by atoms with E-state index in [1.807, 2.05) is 20.8 Å². The lowest BCUT2D eigenvalue weighted by atomic mass is 9.89. The van der Waals surface area contributed by atoms with Crippen LogP contribution in [0.4, 0.5) is 5.69 Å². The second kappa shape index (κ2) is 7.08. The number of halogens is 2. The van der Waals surface area contributed by atoms with Crippen LogP contribution >= 0.6 is 23.2 Å². The molecule has 0 saturated heterocycles. The minimum Gasteiger partial charge on any atom is -0.314 e. The van der Waals surface area contributed by atoms with Gasteiger partial charge in [0, 0.05) is 23.6 Å². The van der Waals surface area contributed by atoms with E-state index in [-0.39, 0.29) is 22.7 Å². The van der Waals surface area contributed by atoms with Crippen molar-refractivity contribution >= 4 is 28.9 Å². The molecule has 1 N–H and O–H groups in total. The van der Waals surface area contributed by atoms with E-state index in [2.05, 4.69) is 5.32 Å². The van der Waals surface area contributed by atoms with Gasteiger partial charge in [-0.1, -0.05) is 37.0 Å². The number of likely N-dealkylation sites (N-methyl/N-ethyl adjacent to an activating group) is 1. The van der Waals surface area contributed by atoms with E-state index < -0.39 is 4.92 Å². The summed E-state index contributed by atoms with van der Waals surface area (Å²) in [6, 6.07) is 3.08. The van der Waals surface area contributed by atoms with E-state index in [0.29, 0.717) is 10.6 Å². The van der Waals surface area contributed by atoms with Crippen LogP contribution in [0.15, 0.2) is 12.1 Å². The average Bonchev–Trinajstić information content (AvgIpc) is 2.34. The van der Waals surface area contributed by atoms with Gasteiger partial charge in [0.2, 0.25) is 0 Å². The zero-order valence-electron chi connectivity index (χ0n) is 11.2. The van der Waals surface area contributed by atoms with Gasteiger partial charge < -0.3 is 5.32 Å². The summed E-state index contributed by atoms with van der Waals surface area (Å²) < 4.78 is 0. The molecule has 0 spiro atoms. The Bertz CT molecular complexity index is 466. The van der Waals surface area contributed by atoms with Crippen molar-refractivity contribution in [2.24, 2.45) is 0 Å². The van der Waals surface area contributed by atoms with Gasteiger partial charge >= 0.3 is 0 Å². The topological polar surface area (TPSA) is 55.2 Å². The van der Waals surface area contributed by atoms with Crippen LogP contribution in [0.1, 0.15) is 38.7 Å². The molecule has 4 nitrogen and oxygen atoms in total. The maximum atomic E-state index is 11.2. The summed E-state index contributed by atoms with van der Waals surface area (Å²) in [6.07, 6.45) is 0.785. The highest BCUT2D eigenvalue weighted by Crippen LogP contribution is 2.37. The van der Waals surface area contributed by atoms with Gasteiger partial charge in [0.15, 0.2) is 0 Å². The maximum Gasteiger partial charge on any atom is 0.274 e. The Morgan fingerprint density at radius 3 is 2.37 bits per heavy atom. The lowest BCUT2D eigenvalue weighted by Crippen LogP contribution is -2.32. The Kier molecular flexibility index (Phi) is 6.04. The van der Waals surface area contributed by atoms with Crippen molar-refractivity contribution in [3.05, 3.63) is 37.9 Å². The molecule has 1 rings (SSSR count). The summed E-state index contributed by atoms with van der Waals surface area (Å²) in [4.78, 5) is 10.8. The number of rotatable bonds is 6. The standard InChI is InChI=1S/C13H18Cl2N2O2/c1-4-9(8(3)16-5-2)10-6-11(14)12(15)7-13(10)17(18)19/h6-9,16H,4-5H2,1-3H3. The third-order valence-corrected chi connectivity index (χ3v) is 3.96. The molecule has 0 amide bonds. The second-order valence-corrected chi connectivity index (χ2v) is 5.26. The number of nitrogens with zero attached hydrogens (tertiary/aromatic N) is 1. The van der Waals surface area contributed by atoms with Gasteiger partial charge in [-0.3, -0.25) is 10.1 Å². The molecule has 6 heteroatoms. The molecule has 106 valence electrons. The fraction of sp³-hybridized carbons (Fsp3) is 0.538. The van der Waals surface area contributed by atoms with Gasteiger partial charge in [-0.05, 0) is 26.0 Å². The van der Waals surface area contributed by atoms with Crippen LogP contribution in [0, 0.1) is 10.1 Å². The monoisotopic (exact) mass is 304 g/mol. The van der Waals surface area contributed by atoms with Crippen molar-refractivity contribution in [1.82, 2.24) is 5.32 Å². The van der Waals surface area contributed by atoms with E-state index in [1.54, 1.807) is 6.07 Å². The lowest BCUT2D eigenvalue weighted by molar-refractivity contribution is -0.385. The molecule has 0 aliphatic carbocycles. The van der Waals surface area contributed by atoms with Gasteiger partial charge in [-0.2, -0.15) is 0 Å². The third kappa shape index (κ3) is 3.81. The molecular formula is C13H18Cl2N2O2. The molecule has 1 aromatic carbocycles. The molecule has 0 heterocycles. The highest BCUT2D eigenvalue weighted by molar-refractivity contribution is 6.42. The van der Waals surface area contributed by atoms with Crippen molar-refractivity contribution < 1.29 is 4.92 Å². The number of benzene rings is 1. The largest absolute Gasteiger partial charge is 0.314 e. The van der Waals surface area contributed by atoms with Crippen molar-refractivity contribution in [3.8, 4) is 0 Å². The summed E-state index contributed by atoms with van der Waals surface area (Å²) in [7, 11) is 0. The van der Waals surface area contributed by atoms with Gasteiger partial charge in [-0.15, -0.1) is 0 Å². The Balaban J connectivity index is 3.29. The van der Waals surface area contributed by atoms with Gasteiger partial charge in [0.05, 0.1) is 15.0 Å². The molecule has 2 atom stereocenters. The molecule has 1 aromatic rings. The molecule has 19 heavy (non-hydrogen) atoms. The molecule has 0 saturated carbocycles. The number of nitro groups is 1. The Labute approximate surface area is 123 Å².